The molecular formula is C10H15N3O2S. The third-order valence-corrected chi connectivity index (χ3v) is 4.14. The van der Waals surface area contributed by atoms with Gasteiger partial charge in [-0.15, -0.1) is 0 Å². The highest BCUT2D eigenvalue weighted by atomic mass is 32.2. The fourth-order valence-corrected chi connectivity index (χ4v) is 3.25. The van der Waals surface area contributed by atoms with Gasteiger partial charge in [0.2, 0.25) is 0 Å². The van der Waals surface area contributed by atoms with E-state index in [0.717, 1.165) is 5.56 Å². The number of hydrogen-bond acceptors (Lipinski definition) is 3. The van der Waals surface area contributed by atoms with Crippen LogP contribution in [0.25, 0.3) is 0 Å². The van der Waals surface area contributed by atoms with E-state index in [-0.39, 0.29) is 6.04 Å². The highest BCUT2D eigenvalue weighted by molar-refractivity contribution is 7.91. The monoisotopic (exact) mass is 241 g/mol. The second-order valence-electron chi connectivity index (χ2n) is 3.93. The minimum absolute atomic E-state index is 0.203. The summed E-state index contributed by atoms with van der Waals surface area (Å²) in [6.45, 7) is 2.63. The molecule has 0 amide bonds. The molecule has 1 atom stereocenters. The van der Waals surface area contributed by atoms with Crippen LogP contribution in [-0.2, 0) is 10.2 Å². The second kappa shape index (κ2) is 4.04. The van der Waals surface area contributed by atoms with Gasteiger partial charge in [-0.2, -0.15) is 13.1 Å². The molecule has 0 aromatic heterocycles. The molecule has 5 nitrogen and oxygen atoms in total. The number of hydrogen-bond donors (Lipinski definition) is 2. The van der Waals surface area contributed by atoms with Crippen LogP contribution >= 0.6 is 0 Å². The molecule has 3 N–H and O–H groups in total. The maximum atomic E-state index is 11.8. The standard InChI is InChI=1S/C10H15N3O2S/c1-8-3-2-4-10(5-8)13-7-9(6-11)12-16(13,14)15/h2-5,9,12H,6-7,11H2,1H3. The van der Waals surface area contributed by atoms with Crippen molar-refractivity contribution in [2.45, 2.75) is 13.0 Å². The van der Waals surface area contributed by atoms with E-state index in [1.54, 1.807) is 6.07 Å². The van der Waals surface area contributed by atoms with E-state index < -0.39 is 10.2 Å². The molecule has 0 saturated carbocycles. The number of aryl methyl sites for hydroxylation is 1. The van der Waals surface area contributed by atoms with Gasteiger partial charge < -0.3 is 5.73 Å². The summed E-state index contributed by atoms with van der Waals surface area (Å²) < 4.78 is 27.5. The highest BCUT2D eigenvalue weighted by Crippen LogP contribution is 2.22. The Kier molecular flexibility index (Phi) is 2.88. The number of rotatable bonds is 2. The van der Waals surface area contributed by atoms with Crippen LogP contribution in [0.15, 0.2) is 24.3 Å². The zero-order valence-electron chi connectivity index (χ0n) is 9.05. The fraction of sp³-hybridized carbons (Fsp3) is 0.400. The number of anilines is 1. The van der Waals surface area contributed by atoms with Gasteiger partial charge >= 0.3 is 10.2 Å². The van der Waals surface area contributed by atoms with Gasteiger partial charge in [-0.05, 0) is 24.6 Å². The molecule has 1 aliphatic rings. The molecule has 1 saturated heterocycles. The maximum Gasteiger partial charge on any atom is 0.301 e. The second-order valence-corrected chi connectivity index (χ2v) is 5.55. The van der Waals surface area contributed by atoms with Crippen LogP contribution < -0.4 is 14.8 Å². The molecule has 16 heavy (non-hydrogen) atoms. The number of benzene rings is 1. The maximum absolute atomic E-state index is 11.8. The van der Waals surface area contributed by atoms with E-state index in [1.165, 1.54) is 4.31 Å². The molecule has 1 aliphatic heterocycles. The molecule has 1 aromatic carbocycles. The molecule has 6 heteroatoms. The lowest BCUT2D eigenvalue weighted by atomic mass is 10.2. The van der Waals surface area contributed by atoms with Crippen molar-refractivity contribution in [3.05, 3.63) is 29.8 Å². The Hall–Kier alpha value is -1.11. The van der Waals surface area contributed by atoms with Gasteiger partial charge in [-0.3, -0.25) is 4.31 Å². The van der Waals surface area contributed by atoms with Crippen LogP contribution in [0.2, 0.25) is 0 Å². The number of nitrogens with zero attached hydrogens (tertiary/aromatic N) is 1. The summed E-state index contributed by atoms with van der Waals surface area (Å²) in [6, 6.07) is 7.20. The topological polar surface area (TPSA) is 75.4 Å². The Balaban J connectivity index is 2.35. The van der Waals surface area contributed by atoms with Crippen LogP contribution in [0.4, 0.5) is 5.69 Å². The highest BCUT2D eigenvalue weighted by Gasteiger charge is 2.34. The van der Waals surface area contributed by atoms with Gasteiger partial charge in [0.15, 0.2) is 0 Å². The first-order valence-corrected chi connectivity index (χ1v) is 6.53. The lowest BCUT2D eigenvalue weighted by molar-refractivity contribution is 0.583. The Morgan fingerprint density at radius 1 is 1.56 bits per heavy atom. The van der Waals surface area contributed by atoms with E-state index in [4.69, 9.17) is 5.73 Å². The van der Waals surface area contributed by atoms with Crippen LogP contribution in [0.1, 0.15) is 5.56 Å². The quantitative estimate of drug-likeness (QED) is 0.764. The van der Waals surface area contributed by atoms with Gasteiger partial charge in [0.25, 0.3) is 0 Å². The summed E-state index contributed by atoms with van der Waals surface area (Å²) in [5.74, 6) is 0. The molecule has 0 bridgehead atoms. The van der Waals surface area contributed by atoms with Crippen molar-refractivity contribution in [3.63, 3.8) is 0 Å². The summed E-state index contributed by atoms with van der Waals surface area (Å²) >= 11 is 0. The van der Waals surface area contributed by atoms with Crippen LogP contribution in [-0.4, -0.2) is 27.5 Å². The number of nitrogens with one attached hydrogen (secondary N) is 1. The van der Waals surface area contributed by atoms with Crippen LogP contribution in [0.3, 0.4) is 0 Å². The fourth-order valence-electron chi connectivity index (χ4n) is 1.76. The molecule has 1 heterocycles. The van der Waals surface area contributed by atoms with E-state index in [0.29, 0.717) is 18.8 Å². The molecular weight excluding hydrogens is 226 g/mol. The minimum atomic E-state index is -3.41. The zero-order valence-corrected chi connectivity index (χ0v) is 9.87. The third kappa shape index (κ3) is 2.04. The largest absolute Gasteiger partial charge is 0.329 e. The minimum Gasteiger partial charge on any atom is -0.329 e. The van der Waals surface area contributed by atoms with E-state index in [1.807, 2.05) is 25.1 Å². The van der Waals surface area contributed by atoms with Crippen molar-refractivity contribution in [1.29, 1.82) is 0 Å². The van der Waals surface area contributed by atoms with Gasteiger partial charge in [0.05, 0.1) is 18.3 Å². The van der Waals surface area contributed by atoms with Crippen LogP contribution in [0, 0.1) is 6.92 Å². The molecule has 2 rings (SSSR count). The molecule has 0 aliphatic carbocycles. The van der Waals surface area contributed by atoms with Crippen molar-refractivity contribution < 1.29 is 8.42 Å². The summed E-state index contributed by atoms with van der Waals surface area (Å²) in [5.41, 5.74) is 7.19. The lowest BCUT2D eigenvalue weighted by Gasteiger charge is -2.16. The molecule has 88 valence electrons. The van der Waals surface area contributed by atoms with Gasteiger partial charge in [-0.25, -0.2) is 0 Å². The van der Waals surface area contributed by atoms with Crippen molar-refractivity contribution in [2.24, 2.45) is 5.73 Å². The van der Waals surface area contributed by atoms with Crippen molar-refractivity contribution in [2.75, 3.05) is 17.4 Å². The first-order chi connectivity index (χ1) is 7.53. The third-order valence-electron chi connectivity index (χ3n) is 2.57. The summed E-state index contributed by atoms with van der Waals surface area (Å²) in [7, 11) is -3.41. The normalized spacial score (nSPS) is 23.6. The SMILES string of the molecule is Cc1cccc(N2CC(CN)NS2(=O)=O)c1. The average Bonchev–Trinajstić information content (AvgIpc) is 2.53. The number of nitrogens with two attached hydrogens (primary N) is 1. The first kappa shape index (κ1) is 11.4. The van der Waals surface area contributed by atoms with Crippen molar-refractivity contribution in [3.8, 4) is 0 Å². The predicted molar refractivity (Wildman–Crippen MR) is 63.4 cm³/mol. The van der Waals surface area contributed by atoms with Crippen molar-refractivity contribution in [1.82, 2.24) is 4.72 Å². The van der Waals surface area contributed by atoms with Gasteiger partial charge in [0, 0.05) is 6.54 Å². The molecule has 0 radical (unpaired) electrons. The first-order valence-electron chi connectivity index (χ1n) is 5.09. The summed E-state index contributed by atoms with van der Waals surface area (Å²) in [5, 5.41) is 0. The molecule has 1 unspecified atom stereocenters. The van der Waals surface area contributed by atoms with Crippen molar-refractivity contribution >= 4 is 15.9 Å². The summed E-state index contributed by atoms with van der Waals surface area (Å²) in [6.07, 6.45) is 0. The Morgan fingerprint density at radius 2 is 2.31 bits per heavy atom. The lowest BCUT2D eigenvalue weighted by Crippen LogP contribution is -2.33. The van der Waals surface area contributed by atoms with E-state index in [9.17, 15) is 8.42 Å². The Labute approximate surface area is 95.4 Å². The van der Waals surface area contributed by atoms with E-state index >= 15 is 0 Å². The molecule has 1 aromatic rings. The van der Waals surface area contributed by atoms with Crippen LogP contribution in [0.5, 0.6) is 0 Å². The van der Waals surface area contributed by atoms with Gasteiger partial charge in [0.1, 0.15) is 0 Å². The molecule has 0 spiro atoms. The summed E-state index contributed by atoms with van der Waals surface area (Å²) in [4.78, 5) is 0. The smallest absolute Gasteiger partial charge is 0.301 e. The van der Waals surface area contributed by atoms with Gasteiger partial charge in [-0.1, -0.05) is 12.1 Å². The Bertz CT molecular complexity index is 487. The van der Waals surface area contributed by atoms with E-state index in [2.05, 4.69) is 4.72 Å². The Morgan fingerprint density at radius 3 is 2.88 bits per heavy atom. The predicted octanol–water partition coefficient (Wildman–Crippen LogP) is -0.0233. The molecule has 1 fully saturated rings. The average molecular weight is 241 g/mol. The zero-order chi connectivity index (χ0) is 11.8.